The van der Waals surface area contributed by atoms with Gasteiger partial charge in [-0.3, -0.25) is 4.79 Å². The van der Waals surface area contributed by atoms with E-state index in [4.69, 9.17) is 4.42 Å². The van der Waals surface area contributed by atoms with E-state index in [2.05, 4.69) is 27.5 Å². The van der Waals surface area contributed by atoms with Crippen molar-refractivity contribution in [3.8, 4) is 11.3 Å². The first-order chi connectivity index (χ1) is 13.2. The minimum Gasteiger partial charge on any atom is -0.439 e. The van der Waals surface area contributed by atoms with Crippen LogP contribution in [0.1, 0.15) is 31.2 Å². The van der Waals surface area contributed by atoms with E-state index in [-0.39, 0.29) is 36.4 Å². The molecule has 8 heteroatoms. The maximum Gasteiger partial charge on any atom is 0.244 e. The van der Waals surface area contributed by atoms with Crippen molar-refractivity contribution in [2.75, 3.05) is 26.2 Å². The fourth-order valence-electron chi connectivity index (χ4n) is 2.96. The van der Waals surface area contributed by atoms with Crippen molar-refractivity contribution in [1.29, 1.82) is 0 Å². The Hall–Kier alpha value is -2.10. The molecule has 2 aromatic rings. The molecule has 7 nitrogen and oxygen atoms in total. The molecule has 0 bridgehead atoms. The van der Waals surface area contributed by atoms with Crippen molar-refractivity contribution in [2.24, 2.45) is 4.99 Å². The molecule has 0 spiro atoms. The third kappa shape index (κ3) is 6.22. The van der Waals surface area contributed by atoms with Gasteiger partial charge in [-0.2, -0.15) is 0 Å². The Morgan fingerprint density at radius 1 is 1.21 bits per heavy atom. The van der Waals surface area contributed by atoms with Crippen molar-refractivity contribution in [3.63, 3.8) is 0 Å². The Morgan fingerprint density at radius 3 is 2.61 bits per heavy atom. The van der Waals surface area contributed by atoms with E-state index in [1.165, 1.54) is 5.56 Å². The largest absolute Gasteiger partial charge is 0.439 e. The fourth-order valence-corrected chi connectivity index (χ4v) is 2.96. The average Bonchev–Trinajstić information content (AvgIpc) is 3.36. The number of carbonyl (C=O) groups is 1. The van der Waals surface area contributed by atoms with E-state index in [1.807, 2.05) is 36.1 Å². The lowest BCUT2D eigenvalue weighted by Crippen LogP contribution is -2.38. The number of amides is 1. The van der Waals surface area contributed by atoms with Gasteiger partial charge in [0.1, 0.15) is 6.54 Å². The normalized spacial score (nSPS) is 13.9. The molecule has 1 aromatic carbocycles. The third-order valence-corrected chi connectivity index (χ3v) is 4.47. The number of likely N-dealkylation sites (tertiary alicyclic amines) is 1. The van der Waals surface area contributed by atoms with Gasteiger partial charge in [-0.25, -0.2) is 9.98 Å². The second-order valence-electron chi connectivity index (χ2n) is 6.62. The summed E-state index contributed by atoms with van der Waals surface area (Å²) >= 11 is 0. The summed E-state index contributed by atoms with van der Waals surface area (Å²) in [5.74, 6) is 1.96. The molecule has 0 radical (unpaired) electrons. The van der Waals surface area contributed by atoms with Crippen LogP contribution in [0.25, 0.3) is 11.3 Å². The van der Waals surface area contributed by atoms with Crippen LogP contribution in [0.5, 0.6) is 0 Å². The van der Waals surface area contributed by atoms with Crippen LogP contribution >= 0.6 is 24.0 Å². The standard InChI is InChI=1S/C20H27N5O2.HI/c1-3-21-20(24-14-19(26)25-10-4-5-11-25)23-13-18-22-12-17(27-18)16-8-6-15(2)7-9-16;/h6-9,12H,3-5,10-11,13-14H2,1-2H3,(H2,21,23,24);1H. The molecular weight excluding hydrogens is 469 g/mol. The van der Waals surface area contributed by atoms with Gasteiger partial charge < -0.3 is 20.0 Å². The van der Waals surface area contributed by atoms with Gasteiger partial charge >= 0.3 is 0 Å². The molecule has 0 aliphatic carbocycles. The van der Waals surface area contributed by atoms with Crippen molar-refractivity contribution >= 4 is 35.8 Å². The Labute approximate surface area is 183 Å². The van der Waals surface area contributed by atoms with E-state index in [1.54, 1.807) is 6.20 Å². The Kier molecular flexibility index (Phi) is 8.75. The van der Waals surface area contributed by atoms with Crippen LogP contribution in [0.2, 0.25) is 0 Å². The first kappa shape index (κ1) is 22.2. The second-order valence-corrected chi connectivity index (χ2v) is 6.62. The number of hydrogen-bond acceptors (Lipinski definition) is 4. The van der Waals surface area contributed by atoms with Crippen LogP contribution in [0.3, 0.4) is 0 Å². The number of aliphatic imine (C=N–C) groups is 1. The lowest BCUT2D eigenvalue weighted by Gasteiger charge is -2.14. The summed E-state index contributed by atoms with van der Waals surface area (Å²) in [6, 6.07) is 8.12. The summed E-state index contributed by atoms with van der Waals surface area (Å²) in [6.45, 7) is 6.98. The smallest absolute Gasteiger partial charge is 0.244 e. The number of nitrogens with zero attached hydrogens (tertiary/aromatic N) is 3. The van der Waals surface area contributed by atoms with Crippen LogP contribution in [0.15, 0.2) is 39.9 Å². The van der Waals surface area contributed by atoms with Crippen LogP contribution in [0, 0.1) is 6.92 Å². The summed E-state index contributed by atoms with van der Waals surface area (Å²) in [5, 5.41) is 6.31. The average molecular weight is 497 g/mol. The number of hydrogen-bond donors (Lipinski definition) is 2. The number of carbonyl (C=O) groups excluding carboxylic acids is 1. The number of aryl methyl sites for hydroxylation is 1. The zero-order valence-electron chi connectivity index (χ0n) is 16.4. The molecule has 1 aliphatic heterocycles. The molecule has 3 rings (SSSR count). The zero-order chi connectivity index (χ0) is 19.1. The number of oxazole rings is 1. The molecule has 2 heterocycles. The molecule has 28 heavy (non-hydrogen) atoms. The first-order valence-corrected chi connectivity index (χ1v) is 9.47. The highest BCUT2D eigenvalue weighted by molar-refractivity contribution is 14.0. The highest BCUT2D eigenvalue weighted by Crippen LogP contribution is 2.20. The van der Waals surface area contributed by atoms with Gasteiger partial charge in [0.2, 0.25) is 11.8 Å². The Morgan fingerprint density at radius 2 is 1.93 bits per heavy atom. The lowest BCUT2D eigenvalue weighted by atomic mass is 10.1. The van der Waals surface area contributed by atoms with Crippen molar-refractivity contribution in [3.05, 3.63) is 41.9 Å². The van der Waals surface area contributed by atoms with Crippen LogP contribution in [-0.4, -0.2) is 47.9 Å². The van der Waals surface area contributed by atoms with Crippen LogP contribution < -0.4 is 10.6 Å². The van der Waals surface area contributed by atoms with E-state index >= 15 is 0 Å². The van der Waals surface area contributed by atoms with Gasteiger partial charge in [0.05, 0.1) is 12.7 Å². The monoisotopic (exact) mass is 497 g/mol. The summed E-state index contributed by atoms with van der Waals surface area (Å²) in [7, 11) is 0. The van der Waals surface area contributed by atoms with Crippen molar-refractivity contribution in [2.45, 2.75) is 33.2 Å². The topological polar surface area (TPSA) is 82.8 Å². The summed E-state index contributed by atoms with van der Waals surface area (Å²) in [6.07, 6.45) is 3.89. The van der Waals surface area contributed by atoms with Crippen LogP contribution in [-0.2, 0) is 11.3 Å². The van der Waals surface area contributed by atoms with Gasteiger partial charge in [-0.1, -0.05) is 29.8 Å². The third-order valence-electron chi connectivity index (χ3n) is 4.47. The van der Waals surface area contributed by atoms with Gasteiger partial charge in [-0.05, 0) is 26.7 Å². The number of aromatic nitrogens is 1. The number of nitrogens with one attached hydrogen (secondary N) is 2. The molecule has 1 amide bonds. The summed E-state index contributed by atoms with van der Waals surface area (Å²) in [5.41, 5.74) is 2.20. The van der Waals surface area contributed by atoms with E-state index < -0.39 is 0 Å². The van der Waals surface area contributed by atoms with E-state index in [0.29, 0.717) is 24.9 Å². The molecule has 0 atom stereocenters. The first-order valence-electron chi connectivity index (χ1n) is 9.47. The van der Waals surface area contributed by atoms with E-state index in [9.17, 15) is 4.79 Å². The summed E-state index contributed by atoms with van der Waals surface area (Å²) in [4.78, 5) is 22.7. The molecule has 1 aromatic heterocycles. The predicted molar refractivity (Wildman–Crippen MR) is 121 cm³/mol. The molecule has 2 N–H and O–H groups in total. The quantitative estimate of drug-likeness (QED) is 0.365. The highest BCUT2D eigenvalue weighted by atomic mass is 127. The molecule has 1 fully saturated rings. The second kappa shape index (κ2) is 11.0. The molecule has 1 aliphatic rings. The van der Waals surface area contributed by atoms with Gasteiger partial charge in [0.15, 0.2) is 11.7 Å². The number of halogens is 1. The highest BCUT2D eigenvalue weighted by Gasteiger charge is 2.17. The van der Waals surface area contributed by atoms with E-state index in [0.717, 1.165) is 37.3 Å². The maximum absolute atomic E-state index is 12.1. The minimum absolute atomic E-state index is 0. The minimum atomic E-state index is 0. The van der Waals surface area contributed by atoms with Crippen molar-refractivity contribution in [1.82, 2.24) is 20.5 Å². The summed E-state index contributed by atoms with van der Waals surface area (Å²) < 4.78 is 5.81. The molecule has 152 valence electrons. The Balaban J connectivity index is 0.00000280. The molecule has 1 saturated heterocycles. The maximum atomic E-state index is 12.1. The number of guanidine groups is 1. The predicted octanol–water partition coefficient (Wildman–Crippen LogP) is 2.95. The van der Waals surface area contributed by atoms with Gasteiger partial charge in [-0.15, -0.1) is 24.0 Å². The molecule has 0 unspecified atom stereocenters. The molecule has 0 saturated carbocycles. The molecular formula is C20H28IN5O2. The van der Waals surface area contributed by atoms with Crippen molar-refractivity contribution < 1.29 is 9.21 Å². The fraction of sp³-hybridized carbons (Fsp3) is 0.450. The number of benzene rings is 1. The number of rotatable bonds is 6. The van der Waals surface area contributed by atoms with Crippen LogP contribution in [0.4, 0.5) is 0 Å². The Bertz CT molecular complexity index is 782. The zero-order valence-corrected chi connectivity index (χ0v) is 18.7. The van der Waals surface area contributed by atoms with Gasteiger partial charge in [0, 0.05) is 25.2 Å². The van der Waals surface area contributed by atoms with Gasteiger partial charge in [0.25, 0.3) is 0 Å². The lowest BCUT2D eigenvalue weighted by molar-refractivity contribution is -0.128. The SMILES string of the molecule is CCNC(=NCC(=O)N1CCCC1)NCc1ncc(-c2ccc(C)cc2)o1.I.